The molecule has 94 valence electrons. The van der Waals surface area contributed by atoms with E-state index in [2.05, 4.69) is 32.0 Å². The van der Waals surface area contributed by atoms with Crippen molar-refractivity contribution < 1.29 is 4.74 Å². The first-order valence-corrected chi connectivity index (χ1v) is 6.71. The second-order valence-corrected chi connectivity index (χ2v) is 5.06. The molecule has 0 unspecified atom stereocenters. The summed E-state index contributed by atoms with van der Waals surface area (Å²) in [6, 6.07) is 6.35. The van der Waals surface area contributed by atoms with Gasteiger partial charge in [-0.15, -0.1) is 0 Å². The van der Waals surface area contributed by atoms with Crippen molar-refractivity contribution in [2.75, 3.05) is 6.61 Å². The first kappa shape index (κ1) is 12.4. The van der Waals surface area contributed by atoms with Crippen molar-refractivity contribution in [1.29, 1.82) is 0 Å². The molecule has 2 heteroatoms. The van der Waals surface area contributed by atoms with E-state index in [0.29, 0.717) is 0 Å². The molecule has 0 heterocycles. The van der Waals surface area contributed by atoms with Crippen molar-refractivity contribution in [3.8, 4) is 5.75 Å². The normalized spacial score (nSPS) is 16.9. The zero-order valence-electron chi connectivity index (χ0n) is 11.0. The molecule has 0 aromatic heterocycles. The molecule has 0 aliphatic heterocycles. The fraction of sp³-hybridized carbons (Fsp3) is 0.600. The highest BCUT2D eigenvalue weighted by molar-refractivity contribution is 5.40. The van der Waals surface area contributed by atoms with E-state index in [9.17, 15) is 0 Å². The molecule has 1 aliphatic rings. The Hall–Kier alpha value is -1.02. The first-order valence-electron chi connectivity index (χ1n) is 6.71. The van der Waals surface area contributed by atoms with Crippen LogP contribution in [0, 0.1) is 0 Å². The van der Waals surface area contributed by atoms with Crippen LogP contribution in [-0.4, -0.2) is 12.1 Å². The molecule has 1 fully saturated rings. The van der Waals surface area contributed by atoms with E-state index in [4.69, 9.17) is 10.5 Å². The van der Waals surface area contributed by atoms with Gasteiger partial charge in [0.2, 0.25) is 0 Å². The Kier molecular flexibility index (Phi) is 3.72. The van der Waals surface area contributed by atoms with Gasteiger partial charge in [-0.3, -0.25) is 0 Å². The Balaban J connectivity index is 1.99. The third-order valence-corrected chi connectivity index (χ3v) is 3.71. The maximum Gasteiger partial charge on any atom is 0.122 e. The molecule has 2 nitrogen and oxygen atoms in total. The van der Waals surface area contributed by atoms with Gasteiger partial charge in [0, 0.05) is 5.54 Å². The molecular weight excluding hydrogens is 210 g/mol. The maximum atomic E-state index is 6.06. The number of rotatable bonds is 6. The van der Waals surface area contributed by atoms with Gasteiger partial charge >= 0.3 is 0 Å². The second-order valence-electron chi connectivity index (χ2n) is 5.06. The quantitative estimate of drug-likeness (QED) is 0.819. The molecule has 0 spiro atoms. The van der Waals surface area contributed by atoms with Gasteiger partial charge in [0.05, 0.1) is 6.61 Å². The maximum absolute atomic E-state index is 6.06. The Bertz CT molecular complexity index is 383. The summed E-state index contributed by atoms with van der Waals surface area (Å²) in [5.41, 5.74) is 8.91. The topological polar surface area (TPSA) is 35.2 Å². The summed E-state index contributed by atoms with van der Waals surface area (Å²) in [5.74, 6) is 1.05. The molecule has 0 radical (unpaired) electrons. The number of benzene rings is 1. The second kappa shape index (κ2) is 5.09. The Morgan fingerprint density at radius 1 is 1.24 bits per heavy atom. The van der Waals surface area contributed by atoms with Gasteiger partial charge in [0.15, 0.2) is 0 Å². The van der Waals surface area contributed by atoms with E-state index < -0.39 is 0 Å². The third kappa shape index (κ3) is 3.01. The summed E-state index contributed by atoms with van der Waals surface area (Å²) in [6.45, 7) is 5.13. The van der Waals surface area contributed by atoms with Gasteiger partial charge in [0.25, 0.3) is 0 Å². The van der Waals surface area contributed by atoms with E-state index in [1.54, 1.807) is 0 Å². The van der Waals surface area contributed by atoms with Crippen LogP contribution in [0.25, 0.3) is 0 Å². The Morgan fingerprint density at radius 2 is 2.00 bits per heavy atom. The number of nitrogens with two attached hydrogens (primary N) is 1. The van der Waals surface area contributed by atoms with Crippen molar-refractivity contribution in [2.45, 2.75) is 51.5 Å². The highest BCUT2D eigenvalue weighted by Crippen LogP contribution is 2.35. The summed E-state index contributed by atoms with van der Waals surface area (Å²) in [7, 11) is 0. The molecule has 1 aromatic rings. The Morgan fingerprint density at radius 3 is 2.59 bits per heavy atom. The van der Waals surface area contributed by atoms with Crippen LogP contribution in [-0.2, 0) is 12.8 Å². The minimum atomic E-state index is 0.0920. The summed E-state index contributed by atoms with van der Waals surface area (Å²) in [5, 5.41) is 0. The predicted octanol–water partition coefficient (Wildman–Crippen LogP) is 3.07. The van der Waals surface area contributed by atoms with Gasteiger partial charge in [-0.05, 0) is 49.3 Å². The highest BCUT2D eigenvalue weighted by Gasteiger charge is 2.37. The van der Waals surface area contributed by atoms with Crippen LogP contribution in [0.5, 0.6) is 5.75 Å². The minimum absolute atomic E-state index is 0.0920. The van der Waals surface area contributed by atoms with Crippen molar-refractivity contribution in [3.63, 3.8) is 0 Å². The fourth-order valence-corrected chi connectivity index (χ4v) is 2.25. The average Bonchev–Trinajstić information content (AvgIpc) is 3.07. The van der Waals surface area contributed by atoms with Gasteiger partial charge in [-0.1, -0.05) is 26.0 Å². The van der Waals surface area contributed by atoms with Crippen LogP contribution < -0.4 is 10.5 Å². The molecule has 1 aliphatic carbocycles. The summed E-state index contributed by atoms with van der Waals surface area (Å²) in [4.78, 5) is 0. The number of ether oxygens (including phenoxy) is 1. The largest absolute Gasteiger partial charge is 0.493 e. The molecule has 0 saturated heterocycles. The standard InChI is InChI=1S/C15H23NO/c1-3-12-6-5-7-14(13(12)4-2)17-11-10-15(16)8-9-15/h5-7H,3-4,8-11,16H2,1-2H3. The smallest absolute Gasteiger partial charge is 0.122 e. The molecule has 17 heavy (non-hydrogen) atoms. The zero-order chi connectivity index (χ0) is 12.3. The SMILES string of the molecule is CCc1cccc(OCCC2(N)CC2)c1CC. The van der Waals surface area contributed by atoms with Gasteiger partial charge < -0.3 is 10.5 Å². The van der Waals surface area contributed by atoms with Crippen molar-refractivity contribution in [2.24, 2.45) is 5.73 Å². The lowest BCUT2D eigenvalue weighted by atomic mass is 10.0. The number of hydrogen-bond donors (Lipinski definition) is 1. The molecule has 0 atom stereocenters. The number of aryl methyl sites for hydroxylation is 1. The molecule has 2 N–H and O–H groups in total. The molecule has 1 aromatic carbocycles. The molecule has 0 bridgehead atoms. The Labute approximate surface area is 104 Å². The summed E-state index contributed by atoms with van der Waals surface area (Å²) in [6.07, 6.45) is 5.40. The van der Waals surface area contributed by atoms with Crippen LogP contribution in [0.1, 0.15) is 44.2 Å². The molecule has 1 saturated carbocycles. The molecular formula is C15H23NO. The van der Waals surface area contributed by atoms with Crippen molar-refractivity contribution in [1.82, 2.24) is 0 Å². The number of hydrogen-bond acceptors (Lipinski definition) is 2. The van der Waals surface area contributed by atoms with Crippen LogP contribution >= 0.6 is 0 Å². The predicted molar refractivity (Wildman–Crippen MR) is 71.5 cm³/mol. The third-order valence-electron chi connectivity index (χ3n) is 3.71. The van der Waals surface area contributed by atoms with Crippen LogP contribution in [0.3, 0.4) is 0 Å². The minimum Gasteiger partial charge on any atom is -0.493 e. The van der Waals surface area contributed by atoms with Gasteiger partial charge in [-0.2, -0.15) is 0 Å². The van der Waals surface area contributed by atoms with Gasteiger partial charge in [0.1, 0.15) is 5.75 Å². The van der Waals surface area contributed by atoms with E-state index in [1.165, 1.54) is 11.1 Å². The lowest BCUT2D eigenvalue weighted by Gasteiger charge is -2.15. The lowest BCUT2D eigenvalue weighted by molar-refractivity contribution is 0.291. The monoisotopic (exact) mass is 233 g/mol. The highest BCUT2D eigenvalue weighted by atomic mass is 16.5. The summed E-state index contributed by atoms with van der Waals surface area (Å²) < 4.78 is 5.91. The zero-order valence-corrected chi connectivity index (χ0v) is 11.0. The van der Waals surface area contributed by atoms with Crippen LogP contribution in [0.15, 0.2) is 18.2 Å². The van der Waals surface area contributed by atoms with Crippen LogP contribution in [0.2, 0.25) is 0 Å². The van der Waals surface area contributed by atoms with E-state index in [0.717, 1.165) is 44.5 Å². The molecule has 0 amide bonds. The van der Waals surface area contributed by atoms with Gasteiger partial charge in [-0.25, -0.2) is 0 Å². The summed E-state index contributed by atoms with van der Waals surface area (Å²) >= 11 is 0. The van der Waals surface area contributed by atoms with E-state index >= 15 is 0 Å². The van der Waals surface area contributed by atoms with E-state index in [1.807, 2.05) is 0 Å². The van der Waals surface area contributed by atoms with E-state index in [-0.39, 0.29) is 5.54 Å². The average molecular weight is 233 g/mol. The van der Waals surface area contributed by atoms with Crippen molar-refractivity contribution in [3.05, 3.63) is 29.3 Å². The fourth-order valence-electron chi connectivity index (χ4n) is 2.25. The first-order chi connectivity index (χ1) is 8.18. The molecule has 2 rings (SSSR count). The van der Waals surface area contributed by atoms with Crippen molar-refractivity contribution >= 4 is 0 Å². The van der Waals surface area contributed by atoms with Crippen LogP contribution in [0.4, 0.5) is 0 Å². The lowest BCUT2D eigenvalue weighted by Crippen LogP contribution is -2.24.